The number of rotatable bonds is 5. The van der Waals surface area contributed by atoms with Gasteiger partial charge in [-0.2, -0.15) is 9.94 Å². The van der Waals surface area contributed by atoms with Crippen LogP contribution >= 0.6 is 11.8 Å². The van der Waals surface area contributed by atoms with Crippen molar-refractivity contribution in [3.63, 3.8) is 0 Å². The number of nitrogens with zero attached hydrogens (tertiary/aromatic N) is 6. The highest BCUT2D eigenvalue weighted by Crippen LogP contribution is 2.27. The van der Waals surface area contributed by atoms with Crippen molar-refractivity contribution in [3.05, 3.63) is 71.5 Å². The van der Waals surface area contributed by atoms with Gasteiger partial charge in [0, 0.05) is 18.1 Å². The fourth-order valence-corrected chi connectivity index (χ4v) is 3.85. The van der Waals surface area contributed by atoms with Crippen LogP contribution in [0.2, 0.25) is 0 Å². The van der Waals surface area contributed by atoms with Gasteiger partial charge in [-0.15, -0.1) is 5.10 Å². The van der Waals surface area contributed by atoms with Crippen molar-refractivity contribution in [2.75, 3.05) is 0 Å². The molecule has 3 aromatic heterocycles. The second-order valence-electron chi connectivity index (χ2n) is 6.54. The minimum atomic E-state index is 0.482. The Balaban J connectivity index is 1.59. The van der Waals surface area contributed by atoms with Gasteiger partial charge in [-0.25, -0.2) is 0 Å². The third-order valence-corrected chi connectivity index (χ3v) is 5.44. The zero-order valence-electron chi connectivity index (χ0n) is 15.1. The number of tetrazole rings is 1. The Labute approximate surface area is 161 Å². The molecule has 0 N–H and O–H groups in total. The summed E-state index contributed by atoms with van der Waals surface area (Å²) < 4.78 is 3.71. The molecule has 0 aliphatic rings. The molecule has 4 aromatic rings. The van der Waals surface area contributed by atoms with Crippen LogP contribution in [0.25, 0.3) is 11.2 Å². The molecule has 0 saturated carbocycles. The second-order valence-corrected chi connectivity index (χ2v) is 7.48. The predicted octanol–water partition coefficient (Wildman–Crippen LogP) is 4.20. The molecule has 0 saturated heterocycles. The van der Waals surface area contributed by atoms with Crippen molar-refractivity contribution in [1.29, 1.82) is 5.26 Å². The maximum atomic E-state index is 9.55. The number of nitriles is 1. The molecule has 134 valence electrons. The zero-order valence-corrected chi connectivity index (χ0v) is 15.9. The van der Waals surface area contributed by atoms with E-state index in [4.69, 9.17) is 0 Å². The molecule has 1 aromatic carbocycles. The van der Waals surface area contributed by atoms with Crippen LogP contribution in [0.15, 0.2) is 60.0 Å². The summed E-state index contributed by atoms with van der Waals surface area (Å²) in [5.41, 5.74) is 4.79. The van der Waals surface area contributed by atoms with Crippen LogP contribution < -0.4 is 0 Å². The summed E-state index contributed by atoms with van der Waals surface area (Å²) in [5, 5.41) is 22.3. The van der Waals surface area contributed by atoms with Crippen molar-refractivity contribution >= 4 is 17.3 Å². The number of benzene rings is 1. The molecular formula is C20H18N6S. The molecule has 0 unspecified atom stereocenters. The molecule has 0 amide bonds. The number of aromatic nitrogens is 5. The van der Waals surface area contributed by atoms with Gasteiger partial charge in [0.1, 0.15) is 6.07 Å². The van der Waals surface area contributed by atoms with Gasteiger partial charge < -0.3 is 4.40 Å². The lowest BCUT2D eigenvalue weighted by Crippen LogP contribution is -2.00. The predicted molar refractivity (Wildman–Crippen MR) is 105 cm³/mol. The van der Waals surface area contributed by atoms with E-state index >= 15 is 0 Å². The van der Waals surface area contributed by atoms with Crippen molar-refractivity contribution in [3.8, 4) is 11.8 Å². The highest BCUT2D eigenvalue weighted by molar-refractivity contribution is 7.98. The van der Waals surface area contributed by atoms with Gasteiger partial charge in [0.15, 0.2) is 0 Å². The van der Waals surface area contributed by atoms with Crippen LogP contribution in [0, 0.1) is 11.3 Å². The monoisotopic (exact) mass is 374 g/mol. The molecule has 0 fully saturated rings. The summed E-state index contributed by atoms with van der Waals surface area (Å²) in [4.78, 5) is 0. The summed E-state index contributed by atoms with van der Waals surface area (Å²) in [6.45, 7) is 4.34. The normalized spacial score (nSPS) is 11.2. The standard InChI is InChI=1S/C20H18N6S/c1-14(2)15-6-8-17(9-7-15)26-20(22-23-24-26)27-13-16-12-25-10-4-3-5-19(25)18(16)11-21/h3-10,12,14H,13H2,1-2H3. The Morgan fingerprint density at radius 2 is 1.96 bits per heavy atom. The van der Waals surface area contributed by atoms with Gasteiger partial charge in [-0.1, -0.05) is 43.8 Å². The van der Waals surface area contributed by atoms with Gasteiger partial charge in [0.2, 0.25) is 5.16 Å². The summed E-state index contributed by atoms with van der Waals surface area (Å²) >= 11 is 1.52. The fraction of sp³-hybridized carbons (Fsp3) is 0.200. The molecule has 0 aliphatic heterocycles. The van der Waals surface area contributed by atoms with E-state index < -0.39 is 0 Å². The molecule has 0 radical (unpaired) electrons. The molecule has 27 heavy (non-hydrogen) atoms. The Morgan fingerprint density at radius 3 is 2.70 bits per heavy atom. The lowest BCUT2D eigenvalue weighted by atomic mass is 10.0. The SMILES string of the molecule is CC(C)c1ccc(-n2nnnc2SCc2cn3ccccc3c2C#N)cc1. The van der Waals surface area contributed by atoms with Crippen LogP contribution in [0.5, 0.6) is 0 Å². The first-order valence-electron chi connectivity index (χ1n) is 8.67. The van der Waals surface area contributed by atoms with E-state index in [0.29, 0.717) is 22.4 Å². The summed E-state index contributed by atoms with van der Waals surface area (Å²) in [5.74, 6) is 1.10. The number of hydrogen-bond acceptors (Lipinski definition) is 5. The van der Waals surface area contributed by atoms with Crippen LogP contribution in [0.3, 0.4) is 0 Å². The van der Waals surface area contributed by atoms with Crippen LogP contribution in [0.4, 0.5) is 0 Å². The largest absolute Gasteiger partial charge is 0.322 e. The minimum Gasteiger partial charge on any atom is -0.322 e. The van der Waals surface area contributed by atoms with E-state index in [2.05, 4.69) is 47.6 Å². The van der Waals surface area contributed by atoms with Crippen LogP contribution in [-0.2, 0) is 5.75 Å². The Bertz CT molecular complexity index is 1120. The molecule has 0 bridgehead atoms. The molecular weight excluding hydrogens is 356 g/mol. The van der Waals surface area contributed by atoms with Gasteiger partial charge in [-0.3, -0.25) is 0 Å². The first-order valence-corrected chi connectivity index (χ1v) is 9.66. The fourth-order valence-electron chi connectivity index (χ4n) is 2.99. The number of fused-ring (bicyclic) bond motifs is 1. The Kier molecular flexibility index (Phi) is 4.65. The highest BCUT2D eigenvalue weighted by Gasteiger charge is 2.14. The van der Waals surface area contributed by atoms with E-state index in [1.54, 1.807) is 4.68 Å². The average molecular weight is 374 g/mol. The van der Waals surface area contributed by atoms with Crippen molar-refractivity contribution in [1.82, 2.24) is 24.6 Å². The van der Waals surface area contributed by atoms with E-state index in [9.17, 15) is 5.26 Å². The van der Waals surface area contributed by atoms with Gasteiger partial charge >= 0.3 is 0 Å². The highest BCUT2D eigenvalue weighted by atomic mass is 32.2. The quantitative estimate of drug-likeness (QED) is 0.490. The summed E-state index contributed by atoms with van der Waals surface area (Å²) in [6, 6.07) is 16.4. The van der Waals surface area contributed by atoms with E-state index in [1.807, 2.05) is 47.1 Å². The molecule has 0 atom stereocenters. The Morgan fingerprint density at radius 1 is 1.15 bits per heavy atom. The lowest BCUT2D eigenvalue weighted by molar-refractivity contribution is 0.754. The van der Waals surface area contributed by atoms with Gasteiger partial charge in [0.05, 0.1) is 16.8 Å². The molecule has 0 aliphatic carbocycles. The Hall–Kier alpha value is -3.11. The van der Waals surface area contributed by atoms with Crippen molar-refractivity contribution in [2.24, 2.45) is 0 Å². The smallest absolute Gasteiger partial charge is 0.214 e. The van der Waals surface area contributed by atoms with Crippen molar-refractivity contribution in [2.45, 2.75) is 30.7 Å². The van der Waals surface area contributed by atoms with Crippen LogP contribution in [0.1, 0.15) is 36.5 Å². The molecule has 3 heterocycles. The van der Waals surface area contributed by atoms with Gasteiger partial charge in [0.25, 0.3) is 0 Å². The third kappa shape index (κ3) is 3.32. The van der Waals surface area contributed by atoms with E-state index in [-0.39, 0.29) is 0 Å². The van der Waals surface area contributed by atoms with Crippen molar-refractivity contribution < 1.29 is 0 Å². The second kappa shape index (κ2) is 7.25. The number of thioether (sulfide) groups is 1. The molecule has 6 nitrogen and oxygen atoms in total. The number of pyridine rings is 1. The summed E-state index contributed by atoms with van der Waals surface area (Å²) in [7, 11) is 0. The summed E-state index contributed by atoms with van der Waals surface area (Å²) in [6.07, 6.45) is 3.94. The van der Waals surface area contributed by atoms with E-state index in [1.165, 1.54) is 17.3 Å². The topological polar surface area (TPSA) is 71.8 Å². The minimum absolute atomic E-state index is 0.482. The average Bonchev–Trinajstić information content (AvgIpc) is 3.30. The first kappa shape index (κ1) is 17.3. The molecule has 7 heteroatoms. The van der Waals surface area contributed by atoms with Crippen LogP contribution in [-0.4, -0.2) is 24.6 Å². The zero-order chi connectivity index (χ0) is 18.8. The lowest BCUT2D eigenvalue weighted by Gasteiger charge is -2.07. The first-order chi connectivity index (χ1) is 13.2. The maximum absolute atomic E-state index is 9.55. The third-order valence-electron chi connectivity index (χ3n) is 4.48. The molecule has 4 rings (SSSR count). The molecule has 0 spiro atoms. The maximum Gasteiger partial charge on any atom is 0.214 e. The van der Waals surface area contributed by atoms with E-state index in [0.717, 1.165) is 16.8 Å². The number of hydrogen-bond donors (Lipinski definition) is 0. The van der Waals surface area contributed by atoms with Gasteiger partial charge in [-0.05, 0) is 51.7 Å².